The van der Waals surface area contributed by atoms with Crippen LogP contribution in [0.25, 0.3) is 0 Å². The fourth-order valence-electron chi connectivity index (χ4n) is 2.65. The van der Waals surface area contributed by atoms with Crippen LogP contribution in [0.1, 0.15) is 46.0 Å². The molecule has 0 saturated heterocycles. The summed E-state index contributed by atoms with van der Waals surface area (Å²) in [4.78, 5) is 2.53. The van der Waals surface area contributed by atoms with Crippen LogP contribution in [-0.4, -0.2) is 30.6 Å². The molecule has 0 aromatic carbocycles. The van der Waals surface area contributed by atoms with E-state index in [1.54, 1.807) is 0 Å². The molecule has 0 heterocycles. The number of likely N-dealkylation sites (N-methyl/N-ethyl adjacent to an activating group) is 1. The third kappa shape index (κ3) is 2.48. The Bertz CT molecular complexity index is 150. The second kappa shape index (κ2) is 5.72. The topological polar surface area (TPSA) is 29.3 Å². The minimum Gasteiger partial charge on any atom is -0.329 e. The summed E-state index contributed by atoms with van der Waals surface area (Å²) in [6.07, 6.45) is 6.70. The molecule has 2 heteroatoms. The Morgan fingerprint density at radius 3 is 2.14 bits per heavy atom. The van der Waals surface area contributed by atoms with Crippen LogP contribution in [0.5, 0.6) is 0 Å². The predicted octanol–water partition coefficient (Wildman–Crippen LogP) is 2.23. The van der Waals surface area contributed by atoms with Crippen molar-refractivity contribution in [1.82, 2.24) is 4.90 Å². The first-order valence-electron chi connectivity index (χ1n) is 6.16. The first kappa shape index (κ1) is 12.0. The minimum absolute atomic E-state index is 0.633. The van der Waals surface area contributed by atoms with E-state index in [1.165, 1.54) is 32.1 Å². The van der Waals surface area contributed by atoms with Crippen molar-refractivity contribution >= 4 is 0 Å². The Hall–Kier alpha value is -0.0800. The van der Waals surface area contributed by atoms with Crippen LogP contribution in [0.15, 0.2) is 0 Å². The average molecular weight is 198 g/mol. The molecule has 1 aliphatic rings. The van der Waals surface area contributed by atoms with Gasteiger partial charge in [0.15, 0.2) is 0 Å². The highest BCUT2D eigenvalue weighted by Crippen LogP contribution is 2.32. The molecule has 0 aromatic rings. The molecule has 0 aliphatic heterocycles. The van der Waals surface area contributed by atoms with Crippen LogP contribution in [0.2, 0.25) is 0 Å². The quantitative estimate of drug-likeness (QED) is 0.709. The molecule has 1 aliphatic carbocycles. The SMILES string of the molecule is CCC(CC)N(C)C(CN)C1CCC1. The lowest BCUT2D eigenvalue weighted by Gasteiger charge is -2.42. The molecule has 2 N–H and O–H groups in total. The molecular weight excluding hydrogens is 172 g/mol. The lowest BCUT2D eigenvalue weighted by Crippen LogP contribution is -2.49. The molecular formula is C12H26N2. The van der Waals surface area contributed by atoms with E-state index in [1.807, 2.05) is 0 Å². The Labute approximate surface area is 88.8 Å². The van der Waals surface area contributed by atoms with E-state index >= 15 is 0 Å². The van der Waals surface area contributed by atoms with Gasteiger partial charge in [-0.2, -0.15) is 0 Å². The molecule has 1 fully saturated rings. The fraction of sp³-hybridized carbons (Fsp3) is 1.00. The van der Waals surface area contributed by atoms with Crippen LogP contribution < -0.4 is 5.73 Å². The van der Waals surface area contributed by atoms with Gasteiger partial charge < -0.3 is 5.73 Å². The first-order chi connectivity index (χ1) is 6.74. The van der Waals surface area contributed by atoms with Gasteiger partial charge in [0.05, 0.1) is 0 Å². The fourth-order valence-corrected chi connectivity index (χ4v) is 2.65. The average Bonchev–Trinajstić information content (AvgIpc) is 2.12. The van der Waals surface area contributed by atoms with E-state index in [-0.39, 0.29) is 0 Å². The van der Waals surface area contributed by atoms with Gasteiger partial charge in [0.2, 0.25) is 0 Å². The van der Waals surface area contributed by atoms with Gasteiger partial charge in [0, 0.05) is 18.6 Å². The molecule has 0 spiro atoms. The van der Waals surface area contributed by atoms with Crippen molar-refractivity contribution in [3.05, 3.63) is 0 Å². The van der Waals surface area contributed by atoms with E-state index in [2.05, 4.69) is 25.8 Å². The molecule has 0 aromatic heterocycles. The van der Waals surface area contributed by atoms with Crippen LogP contribution in [-0.2, 0) is 0 Å². The van der Waals surface area contributed by atoms with Gasteiger partial charge in [-0.3, -0.25) is 4.90 Å². The summed E-state index contributed by atoms with van der Waals surface area (Å²) in [6.45, 7) is 5.38. The molecule has 1 atom stereocenters. The number of hydrogen-bond acceptors (Lipinski definition) is 2. The standard InChI is InChI=1S/C12H26N2/c1-4-11(5-2)14(3)12(9-13)10-7-6-8-10/h10-12H,4-9,13H2,1-3H3. The zero-order valence-corrected chi connectivity index (χ0v) is 10.00. The Balaban J connectivity index is 2.48. The summed E-state index contributed by atoms with van der Waals surface area (Å²) >= 11 is 0. The summed E-state index contributed by atoms with van der Waals surface area (Å²) in [6, 6.07) is 1.36. The molecule has 1 saturated carbocycles. The zero-order chi connectivity index (χ0) is 10.6. The third-order valence-electron chi connectivity index (χ3n) is 3.98. The minimum atomic E-state index is 0.633. The highest BCUT2D eigenvalue weighted by molar-refractivity contribution is 4.86. The molecule has 14 heavy (non-hydrogen) atoms. The smallest absolute Gasteiger partial charge is 0.0246 e. The largest absolute Gasteiger partial charge is 0.329 e. The zero-order valence-electron chi connectivity index (χ0n) is 10.00. The van der Waals surface area contributed by atoms with E-state index in [9.17, 15) is 0 Å². The number of nitrogens with two attached hydrogens (primary N) is 1. The van der Waals surface area contributed by atoms with Gasteiger partial charge in [0.1, 0.15) is 0 Å². The summed E-state index contributed by atoms with van der Waals surface area (Å²) in [5, 5.41) is 0. The second-order valence-corrected chi connectivity index (χ2v) is 4.63. The Morgan fingerprint density at radius 1 is 1.29 bits per heavy atom. The highest BCUT2D eigenvalue weighted by atomic mass is 15.2. The molecule has 0 bridgehead atoms. The van der Waals surface area contributed by atoms with Crippen molar-refractivity contribution in [2.45, 2.75) is 58.0 Å². The molecule has 2 nitrogen and oxygen atoms in total. The van der Waals surface area contributed by atoms with Gasteiger partial charge in [-0.25, -0.2) is 0 Å². The summed E-state index contributed by atoms with van der Waals surface area (Å²) in [5.74, 6) is 0.880. The maximum Gasteiger partial charge on any atom is 0.0246 e. The maximum atomic E-state index is 5.89. The van der Waals surface area contributed by atoms with Crippen LogP contribution >= 0.6 is 0 Å². The number of rotatable bonds is 6. The Kier molecular flexibility index (Phi) is 4.90. The normalized spacial score (nSPS) is 20.1. The van der Waals surface area contributed by atoms with Gasteiger partial charge in [-0.1, -0.05) is 20.3 Å². The van der Waals surface area contributed by atoms with Crippen LogP contribution in [0.4, 0.5) is 0 Å². The van der Waals surface area contributed by atoms with E-state index < -0.39 is 0 Å². The van der Waals surface area contributed by atoms with Crippen molar-refractivity contribution in [1.29, 1.82) is 0 Å². The summed E-state index contributed by atoms with van der Waals surface area (Å²) in [5.41, 5.74) is 5.89. The first-order valence-corrected chi connectivity index (χ1v) is 6.16. The second-order valence-electron chi connectivity index (χ2n) is 4.63. The van der Waals surface area contributed by atoms with Crippen molar-refractivity contribution in [2.75, 3.05) is 13.6 Å². The van der Waals surface area contributed by atoms with E-state index in [0.29, 0.717) is 6.04 Å². The van der Waals surface area contributed by atoms with Crippen LogP contribution in [0, 0.1) is 5.92 Å². The van der Waals surface area contributed by atoms with E-state index in [0.717, 1.165) is 18.5 Å². The molecule has 84 valence electrons. The van der Waals surface area contributed by atoms with Crippen molar-refractivity contribution in [3.63, 3.8) is 0 Å². The maximum absolute atomic E-state index is 5.89. The van der Waals surface area contributed by atoms with E-state index in [4.69, 9.17) is 5.73 Å². The monoisotopic (exact) mass is 198 g/mol. The lowest BCUT2D eigenvalue weighted by atomic mass is 9.78. The summed E-state index contributed by atoms with van der Waals surface area (Å²) in [7, 11) is 2.26. The third-order valence-corrected chi connectivity index (χ3v) is 3.98. The molecule has 0 radical (unpaired) electrons. The van der Waals surface area contributed by atoms with Gasteiger partial charge in [-0.15, -0.1) is 0 Å². The number of hydrogen-bond donors (Lipinski definition) is 1. The highest BCUT2D eigenvalue weighted by Gasteiger charge is 2.31. The van der Waals surface area contributed by atoms with Crippen molar-refractivity contribution in [2.24, 2.45) is 11.7 Å². The lowest BCUT2D eigenvalue weighted by molar-refractivity contribution is 0.0832. The molecule has 1 unspecified atom stereocenters. The number of nitrogens with zero attached hydrogens (tertiary/aromatic N) is 1. The van der Waals surface area contributed by atoms with Crippen molar-refractivity contribution in [3.8, 4) is 0 Å². The van der Waals surface area contributed by atoms with Gasteiger partial charge in [-0.05, 0) is 38.6 Å². The Morgan fingerprint density at radius 2 is 1.86 bits per heavy atom. The predicted molar refractivity (Wildman–Crippen MR) is 62.3 cm³/mol. The molecule has 1 rings (SSSR count). The molecule has 0 amide bonds. The summed E-state index contributed by atoms with van der Waals surface area (Å²) < 4.78 is 0. The van der Waals surface area contributed by atoms with Gasteiger partial charge >= 0.3 is 0 Å². The van der Waals surface area contributed by atoms with Gasteiger partial charge in [0.25, 0.3) is 0 Å². The van der Waals surface area contributed by atoms with Crippen molar-refractivity contribution < 1.29 is 0 Å². The van der Waals surface area contributed by atoms with Crippen LogP contribution in [0.3, 0.4) is 0 Å².